The first-order chi connectivity index (χ1) is 15.1. The van der Waals surface area contributed by atoms with Crippen molar-refractivity contribution in [1.82, 2.24) is 9.97 Å². The van der Waals surface area contributed by atoms with E-state index < -0.39 is 0 Å². The van der Waals surface area contributed by atoms with Gasteiger partial charge in [0.05, 0.1) is 31.7 Å². The number of amides is 1. The number of rotatable bonds is 4. The summed E-state index contributed by atoms with van der Waals surface area (Å²) in [7, 11) is 0. The lowest BCUT2D eigenvalue weighted by Crippen LogP contribution is -2.13. The molecule has 0 saturated heterocycles. The van der Waals surface area contributed by atoms with Crippen LogP contribution in [0.15, 0.2) is 72.1 Å². The average Bonchev–Trinajstić information content (AvgIpc) is 3.42. The van der Waals surface area contributed by atoms with Gasteiger partial charge in [-0.05, 0) is 31.2 Å². The number of nitrogens with zero attached hydrogens (tertiary/aromatic N) is 2. The Morgan fingerprint density at radius 1 is 0.968 bits per heavy atom. The van der Waals surface area contributed by atoms with Crippen molar-refractivity contribution in [2.45, 2.75) is 6.92 Å². The van der Waals surface area contributed by atoms with E-state index in [-0.39, 0.29) is 5.91 Å². The molecule has 5 rings (SSSR count). The van der Waals surface area contributed by atoms with E-state index in [9.17, 15) is 4.79 Å². The van der Waals surface area contributed by atoms with Crippen LogP contribution in [0.4, 0.5) is 5.13 Å². The minimum Gasteiger partial charge on any atom is -0.298 e. The van der Waals surface area contributed by atoms with Crippen molar-refractivity contribution < 1.29 is 4.79 Å². The van der Waals surface area contributed by atoms with Crippen LogP contribution in [-0.2, 0) is 0 Å². The van der Waals surface area contributed by atoms with Crippen LogP contribution in [-0.4, -0.2) is 15.9 Å². The second-order valence-corrected chi connectivity index (χ2v) is 9.61. The molecule has 0 aliphatic carbocycles. The van der Waals surface area contributed by atoms with Crippen molar-refractivity contribution in [3.05, 3.63) is 87.6 Å². The van der Waals surface area contributed by atoms with Crippen molar-refractivity contribution in [2.75, 3.05) is 5.32 Å². The lowest BCUT2D eigenvalue weighted by Gasteiger charge is -2.08. The zero-order valence-corrected chi connectivity index (χ0v) is 18.8. The van der Waals surface area contributed by atoms with Gasteiger partial charge in [-0.15, -0.1) is 22.7 Å². The zero-order valence-electron chi connectivity index (χ0n) is 16.4. The average molecular weight is 462 g/mol. The largest absolute Gasteiger partial charge is 0.298 e. The number of thiophene rings is 1. The molecule has 3 heterocycles. The molecule has 0 aliphatic rings. The molecular weight excluding hydrogens is 446 g/mol. The van der Waals surface area contributed by atoms with Gasteiger partial charge in [0.15, 0.2) is 5.13 Å². The maximum Gasteiger partial charge on any atom is 0.258 e. The van der Waals surface area contributed by atoms with E-state index in [0.717, 1.165) is 32.7 Å². The molecule has 7 heteroatoms. The number of fused-ring (bicyclic) bond motifs is 1. The number of thiazole rings is 1. The molecule has 0 radical (unpaired) electrons. The Morgan fingerprint density at radius 2 is 1.77 bits per heavy atom. The van der Waals surface area contributed by atoms with E-state index in [1.807, 2.05) is 66.9 Å². The highest BCUT2D eigenvalue weighted by Crippen LogP contribution is 2.33. The number of hydrogen-bond donors (Lipinski definition) is 1. The number of pyridine rings is 1. The lowest BCUT2D eigenvalue weighted by molar-refractivity contribution is 0.102. The van der Waals surface area contributed by atoms with Crippen LogP contribution in [0.2, 0.25) is 4.34 Å². The van der Waals surface area contributed by atoms with Gasteiger partial charge < -0.3 is 0 Å². The Hall–Kier alpha value is -3.06. The number of para-hydroxylation sites is 1. The quantitative estimate of drug-likeness (QED) is 0.305. The summed E-state index contributed by atoms with van der Waals surface area (Å²) in [6, 6.07) is 21.4. The van der Waals surface area contributed by atoms with Gasteiger partial charge in [0.25, 0.3) is 5.91 Å². The smallest absolute Gasteiger partial charge is 0.258 e. The third-order valence-electron chi connectivity index (χ3n) is 4.86. The Labute approximate surface area is 192 Å². The fraction of sp³-hybridized carbons (Fsp3) is 0.0417. The van der Waals surface area contributed by atoms with Crippen molar-refractivity contribution in [3.63, 3.8) is 0 Å². The minimum absolute atomic E-state index is 0.215. The Balaban J connectivity index is 1.49. The molecule has 152 valence electrons. The Kier molecular flexibility index (Phi) is 5.28. The van der Waals surface area contributed by atoms with Gasteiger partial charge in [-0.25, -0.2) is 9.97 Å². The summed E-state index contributed by atoms with van der Waals surface area (Å²) in [5.74, 6) is -0.215. The molecule has 0 bridgehead atoms. The molecule has 3 aromatic heterocycles. The van der Waals surface area contributed by atoms with E-state index in [1.54, 1.807) is 0 Å². The first-order valence-electron chi connectivity index (χ1n) is 9.56. The lowest BCUT2D eigenvalue weighted by atomic mass is 10.1. The fourth-order valence-corrected chi connectivity index (χ4v) is 5.01. The molecule has 1 amide bonds. The second kappa shape index (κ2) is 8.23. The molecule has 4 nitrogen and oxygen atoms in total. The number of halogens is 1. The van der Waals surface area contributed by atoms with Crippen LogP contribution in [0.5, 0.6) is 0 Å². The maximum absolute atomic E-state index is 13.2. The molecule has 0 atom stereocenters. The third-order valence-corrected chi connectivity index (χ3v) is 6.87. The summed E-state index contributed by atoms with van der Waals surface area (Å²) < 4.78 is 0.683. The van der Waals surface area contributed by atoms with Crippen molar-refractivity contribution >= 4 is 56.2 Å². The predicted octanol–water partition coefficient (Wildman–Crippen LogP) is 7.30. The van der Waals surface area contributed by atoms with Crippen LogP contribution in [0, 0.1) is 6.92 Å². The highest BCUT2D eigenvalue weighted by Gasteiger charge is 2.16. The van der Waals surface area contributed by atoms with Gasteiger partial charge >= 0.3 is 0 Å². The van der Waals surface area contributed by atoms with Crippen molar-refractivity contribution in [3.8, 4) is 21.8 Å². The fourth-order valence-electron chi connectivity index (χ4n) is 3.29. The van der Waals surface area contributed by atoms with Crippen LogP contribution in [0.25, 0.3) is 32.7 Å². The Morgan fingerprint density at radius 3 is 2.55 bits per heavy atom. The Bertz CT molecular complexity index is 1410. The molecule has 5 aromatic rings. The summed E-state index contributed by atoms with van der Waals surface area (Å²) in [6.45, 7) is 2.05. The first-order valence-corrected chi connectivity index (χ1v) is 11.6. The summed E-state index contributed by atoms with van der Waals surface area (Å²) in [5.41, 5.74) is 5.09. The summed E-state index contributed by atoms with van der Waals surface area (Å²) in [4.78, 5) is 23.4. The highest BCUT2D eigenvalue weighted by molar-refractivity contribution is 7.19. The molecule has 0 aliphatic heterocycles. The molecule has 0 unspecified atom stereocenters. The number of carbonyl (C=O) groups is 1. The standard InChI is InChI=1S/C24H16ClN3OS2/c1-14-6-8-15(9-7-14)20-13-30-24(27-20)28-23(29)17-12-19(21-10-11-22(25)31-21)26-18-5-3-2-4-16(17)18/h2-13H,1H3,(H,27,28,29). The first kappa shape index (κ1) is 19.9. The molecule has 31 heavy (non-hydrogen) atoms. The zero-order chi connectivity index (χ0) is 21.4. The van der Waals surface area contributed by atoms with Gasteiger partial charge in [-0.2, -0.15) is 0 Å². The van der Waals surface area contributed by atoms with Crippen molar-refractivity contribution in [1.29, 1.82) is 0 Å². The molecule has 0 saturated carbocycles. The minimum atomic E-state index is -0.215. The summed E-state index contributed by atoms with van der Waals surface area (Å²) >= 11 is 8.95. The van der Waals surface area contributed by atoms with Gasteiger partial charge in [0.2, 0.25) is 0 Å². The molecule has 0 fully saturated rings. The molecule has 1 N–H and O–H groups in total. The number of benzene rings is 2. The van der Waals surface area contributed by atoms with Gasteiger partial charge in [-0.1, -0.05) is 59.6 Å². The van der Waals surface area contributed by atoms with E-state index in [4.69, 9.17) is 16.6 Å². The molecular formula is C24H16ClN3OS2. The molecule has 0 spiro atoms. The van der Waals surface area contributed by atoms with Gasteiger partial charge in [0, 0.05) is 16.3 Å². The normalized spacial score (nSPS) is 11.0. The second-order valence-electron chi connectivity index (χ2n) is 7.03. The molecule has 2 aromatic carbocycles. The SMILES string of the molecule is Cc1ccc(-c2csc(NC(=O)c3cc(-c4ccc(Cl)s4)nc4ccccc34)n2)cc1. The van der Waals surface area contributed by atoms with E-state index in [0.29, 0.717) is 15.0 Å². The van der Waals surface area contributed by atoms with Crippen LogP contribution < -0.4 is 5.32 Å². The number of aryl methyl sites for hydroxylation is 1. The van der Waals surface area contributed by atoms with Crippen LogP contribution in [0.3, 0.4) is 0 Å². The third kappa shape index (κ3) is 4.10. The number of hydrogen-bond acceptors (Lipinski definition) is 5. The summed E-state index contributed by atoms with van der Waals surface area (Å²) in [5, 5.41) is 6.25. The highest BCUT2D eigenvalue weighted by atomic mass is 35.5. The number of aromatic nitrogens is 2. The van der Waals surface area contributed by atoms with Crippen LogP contribution in [0.1, 0.15) is 15.9 Å². The van der Waals surface area contributed by atoms with Gasteiger partial charge in [0.1, 0.15) is 0 Å². The number of nitrogens with one attached hydrogen (secondary N) is 1. The van der Waals surface area contributed by atoms with E-state index in [2.05, 4.69) is 22.4 Å². The van der Waals surface area contributed by atoms with Crippen LogP contribution >= 0.6 is 34.3 Å². The topological polar surface area (TPSA) is 54.9 Å². The predicted molar refractivity (Wildman–Crippen MR) is 130 cm³/mol. The maximum atomic E-state index is 13.2. The van der Waals surface area contributed by atoms with E-state index >= 15 is 0 Å². The summed E-state index contributed by atoms with van der Waals surface area (Å²) in [6.07, 6.45) is 0. The monoisotopic (exact) mass is 461 g/mol. The number of carbonyl (C=O) groups excluding carboxylic acids is 1. The number of anilines is 1. The van der Waals surface area contributed by atoms with Gasteiger partial charge in [-0.3, -0.25) is 10.1 Å². The van der Waals surface area contributed by atoms with Crippen molar-refractivity contribution in [2.24, 2.45) is 0 Å². The van der Waals surface area contributed by atoms with E-state index in [1.165, 1.54) is 28.2 Å².